The summed E-state index contributed by atoms with van der Waals surface area (Å²) in [4.78, 5) is 30.1. The lowest BCUT2D eigenvalue weighted by Gasteiger charge is -2.02. The third kappa shape index (κ3) is 6.69. The van der Waals surface area contributed by atoms with Gasteiger partial charge < -0.3 is 9.68 Å². The Morgan fingerprint density at radius 3 is 1.94 bits per heavy atom. The zero-order valence-electron chi connectivity index (χ0n) is 9.94. The number of nitrogens with zero attached hydrogens (tertiary/aromatic N) is 2. The normalized spacial score (nSPS) is 12.2. The first-order valence-electron chi connectivity index (χ1n) is 4.94. The summed E-state index contributed by atoms with van der Waals surface area (Å²) in [6.45, 7) is 6.08. The summed E-state index contributed by atoms with van der Waals surface area (Å²) >= 11 is 0. The van der Waals surface area contributed by atoms with Gasteiger partial charge in [-0.3, -0.25) is 0 Å². The SMILES string of the molecule is CCCC(=NOC(C)=O)C(C)=NOC(C)=O. The number of carbonyl (C=O) groups excluding carboxylic acids is 2. The van der Waals surface area contributed by atoms with E-state index >= 15 is 0 Å². The average Bonchev–Trinajstić information content (AvgIpc) is 2.20. The van der Waals surface area contributed by atoms with Crippen LogP contribution >= 0.6 is 0 Å². The van der Waals surface area contributed by atoms with Crippen LogP contribution < -0.4 is 0 Å². The van der Waals surface area contributed by atoms with Crippen LogP contribution in [0.1, 0.15) is 40.5 Å². The smallest absolute Gasteiger partial charge is 0.318 e. The second-order valence-corrected chi connectivity index (χ2v) is 3.13. The summed E-state index contributed by atoms with van der Waals surface area (Å²) in [5.74, 6) is -1.02. The Balaban J connectivity index is 4.62. The Bertz CT molecular complexity index is 321. The quantitative estimate of drug-likeness (QED) is 0.407. The third-order valence-corrected chi connectivity index (χ3v) is 1.50. The van der Waals surface area contributed by atoms with Gasteiger partial charge in [0, 0.05) is 13.8 Å². The van der Waals surface area contributed by atoms with E-state index in [-0.39, 0.29) is 0 Å². The van der Waals surface area contributed by atoms with E-state index in [9.17, 15) is 9.59 Å². The highest BCUT2D eigenvalue weighted by Crippen LogP contribution is 1.98. The Hall–Kier alpha value is -1.72. The minimum atomic E-state index is -0.511. The van der Waals surface area contributed by atoms with Crippen LogP contribution in [0.2, 0.25) is 0 Å². The highest BCUT2D eigenvalue weighted by molar-refractivity contribution is 6.41. The van der Waals surface area contributed by atoms with E-state index in [0.717, 1.165) is 6.42 Å². The van der Waals surface area contributed by atoms with E-state index < -0.39 is 11.9 Å². The molecule has 0 saturated carbocycles. The lowest BCUT2D eigenvalue weighted by Crippen LogP contribution is -2.13. The van der Waals surface area contributed by atoms with Gasteiger partial charge in [-0.1, -0.05) is 23.7 Å². The number of hydrogen-bond acceptors (Lipinski definition) is 6. The third-order valence-electron chi connectivity index (χ3n) is 1.50. The molecule has 0 aliphatic rings. The lowest BCUT2D eigenvalue weighted by atomic mass is 10.1. The van der Waals surface area contributed by atoms with Crippen molar-refractivity contribution in [3.63, 3.8) is 0 Å². The minimum absolute atomic E-state index is 0.415. The number of hydrogen-bond donors (Lipinski definition) is 0. The zero-order chi connectivity index (χ0) is 12.6. The molecule has 0 bridgehead atoms. The molecular formula is C10H16N2O4. The van der Waals surface area contributed by atoms with Crippen LogP contribution in [0.4, 0.5) is 0 Å². The van der Waals surface area contributed by atoms with Crippen molar-refractivity contribution < 1.29 is 19.3 Å². The first kappa shape index (κ1) is 14.3. The maximum absolute atomic E-state index is 10.6. The molecule has 0 aliphatic carbocycles. The summed E-state index contributed by atoms with van der Waals surface area (Å²) in [7, 11) is 0. The molecule has 6 heteroatoms. The molecule has 0 aromatic carbocycles. The van der Waals surface area contributed by atoms with Crippen molar-refractivity contribution in [2.24, 2.45) is 10.3 Å². The maximum atomic E-state index is 10.6. The van der Waals surface area contributed by atoms with Crippen LogP contribution in [0, 0.1) is 0 Å². The molecule has 0 rings (SSSR count). The number of oxime groups is 2. The monoisotopic (exact) mass is 228 g/mol. The summed E-state index contributed by atoms with van der Waals surface area (Å²) in [5, 5.41) is 7.20. The van der Waals surface area contributed by atoms with E-state index in [1.54, 1.807) is 6.92 Å². The molecule has 0 atom stereocenters. The van der Waals surface area contributed by atoms with Gasteiger partial charge in [-0.2, -0.15) is 0 Å². The predicted molar refractivity (Wildman–Crippen MR) is 59.0 cm³/mol. The zero-order valence-corrected chi connectivity index (χ0v) is 9.94. The van der Waals surface area contributed by atoms with Crippen LogP contribution in [0.25, 0.3) is 0 Å². The average molecular weight is 228 g/mol. The molecule has 0 aromatic heterocycles. The van der Waals surface area contributed by atoms with E-state index in [0.29, 0.717) is 17.8 Å². The fraction of sp³-hybridized carbons (Fsp3) is 0.600. The topological polar surface area (TPSA) is 77.3 Å². The molecule has 90 valence electrons. The van der Waals surface area contributed by atoms with Gasteiger partial charge in [-0.15, -0.1) is 0 Å². The van der Waals surface area contributed by atoms with Gasteiger partial charge in [0.05, 0.1) is 0 Å². The summed E-state index contributed by atoms with van der Waals surface area (Å²) in [6, 6.07) is 0. The molecule has 0 radical (unpaired) electrons. The van der Waals surface area contributed by atoms with Crippen molar-refractivity contribution in [3.8, 4) is 0 Å². The van der Waals surface area contributed by atoms with Gasteiger partial charge in [0.1, 0.15) is 11.4 Å². The molecule has 0 spiro atoms. The van der Waals surface area contributed by atoms with Crippen molar-refractivity contribution in [3.05, 3.63) is 0 Å². The Kier molecular flexibility index (Phi) is 6.74. The summed E-state index contributed by atoms with van der Waals surface area (Å²) < 4.78 is 0. The predicted octanol–water partition coefficient (Wildman–Crippen LogP) is 1.64. The standard InChI is InChI=1S/C10H16N2O4/c1-5-6-10(12-16-9(4)14)7(2)11-15-8(3)13/h5-6H2,1-4H3. The number of rotatable bonds is 5. The van der Waals surface area contributed by atoms with Crippen LogP contribution in [-0.2, 0) is 19.3 Å². The fourth-order valence-corrected chi connectivity index (χ4v) is 0.834. The van der Waals surface area contributed by atoms with E-state index in [4.69, 9.17) is 0 Å². The van der Waals surface area contributed by atoms with Gasteiger partial charge >= 0.3 is 11.9 Å². The van der Waals surface area contributed by atoms with Gasteiger partial charge in [0.25, 0.3) is 0 Å². The van der Waals surface area contributed by atoms with Crippen molar-refractivity contribution in [2.45, 2.75) is 40.5 Å². The number of carbonyl (C=O) groups is 2. The highest BCUT2D eigenvalue weighted by atomic mass is 16.7. The first-order chi connectivity index (χ1) is 7.47. The van der Waals surface area contributed by atoms with Gasteiger partial charge in [0.2, 0.25) is 0 Å². The molecule has 0 N–H and O–H groups in total. The summed E-state index contributed by atoms with van der Waals surface area (Å²) in [5.41, 5.74) is 0.900. The Labute approximate surface area is 94.3 Å². The van der Waals surface area contributed by atoms with Crippen molar-refractivity contribution in [1.29, 1.82) is 0 Å². The highest BCUT2D eigenvalue weighted by Gasteiger charge is 2.06. The van der Waals surface area contributed by atoms with Crippen LogP contribution in [-0.4, -0.2) is 23.4 Å². The molecular weight excluding hydrogens is 212 g/mol. The Morgan fingerprint density at radius 1 is 1.00 bits per heavy atom. The molecule has 0 unspecified atom stereocenters. The minimum Gasteiger partial charge on any atom is -0.318 e. The van der Waals surface area contributed by atoms with Gasteiger partial charge in [0.15, 0.2) is 0 Å². The molecule has 0 saturated heterocycles. The molecule has 0 amide bonds. The van der Waals surface area contributed by atoms with Crippen molar-refractivity contribution >= 4 is 23.4 Å². The molecule has 0 aliphatic heterocycles. The van der Waals surface area contributed by atoms with Crippen molar-refractivity contribution in [1.82, 2.24) is 0 Å². The van der Waals surface area contributed by atoms with Crippen molar-refractivity contribution in [2.75, 3.05) is 0 Å². The van der Waals surface area contributed by atoms with E-state index in [1.807, 2.05) is 6.92 Å². The molecule has 0 fully saturated rings. The first-order valence-corrected chi connectivity index (χ1v) is 4.94. The van der Waals surface area contributed by atoms with E-state index in [2.05, 4.69) is 20.0 Å². The lowest BCUT2D eigenvalue weighted by molar-refractivity contribution is -0.142. The maximum Gasteiger partial charge on any atom is 0.331 e. The van der Waals surface area contributed by atoms with Crippen LogP contribution in [0.15, 0.2) is 10.3 Å². The molecule has 0 aromatic rings. The molecule has 6 nitrogen and oxygen atoms in total. The Morgan fingerprint density at radius 2 is 1.50 bits per heavy atom. The van der Waals surface area contributed by atoms with Gasteiger partial charge in [-0.05, 0) is 13.3 Å². The fourth-order valence-electron chi connectivity index (χ4n) is 0.834. The van der Waals surface area contributed by atoms with Crippen LogP contribution in [0.3, 0.4) is 0 Å². The molecule has 16 heavy (non-hydrogen) atoms. The van der Waals surface area contributed by atoms with Gasteiger partial charge in [-0.25, -0.2) is 9.59 Å². The van der Waals surface area contributed by atoms with Crippen LogP contribution in [0.5, 0.6) is 0 Å². The second kappa shape index (κ2) is 7.56. The van der Waals surface area contributed by atoms with E-state index in [1.165, 1.54) is 13.8 Å². The molecule has 0 heterocycles. The summed E-state index contributed by atoms with van der Waals surface area (Å²) in [6.07, 6.45) is 1.40. The largest absolute Gasteiger partial charge is 0.331 e. The second-order valence-electron chi connectivity index (χ2n) is 3.13.